The molecule has 0 radical (unpaired) electrons. The average Bonchev–Trinajstić information content (AvgIpc) is 3.42. The van der Waals surface area contributed by atoms with E-state index in [0.717, 1.165) is 12.8 Å². The Bertz CT molecular complexity index is 1130. The largest absolute Gasteiger partial charge is 0.391 e. The first-order chi connectivity index (χ1) is 15.2. The molecule has 32 heavy (non-hydrogen) atoms. The molecule has 1 atom stereocenters. The minimum atomic E-state index is -0.993. The third-order valence-corrected chi connectivity index (χ3v) is 5.62. The van der Waals surface area contributed by atoms with Gasteiger partial charge in [-0.05, 0) is 56.5 Å². The molecule has 1 aromatic carbocycles. The van der Waals surface area contributed by atoms with Crippen molar-refractivity contribution in [2.45, 2.75) is 45.3 Å². The molecule has 1 unspecified atom stereocenters. The summed E-state index contributed by atoms with van der Waals surface area (Å²) in [7, 11) is 0. The summed E-state index contributed by atoms with van der Waals surface area (Å²) in [5.41, 5.74) is 3.44. The molecule has 4 rings (SSSR count). The molecule has 8 nitrogen and oxygen atoms in total. The van der Waals surface area contributed by atoms with Crippen LogP contribution in [0, 0.1) is 19.7 Å². The third kappa shape index (κ3) is 4.57. The molecule has 2 heterocycles. The number of halogens is 1. The summed E-state index contributed by atoms with van der Waals surface area (Å²) in [4.78, 5) is 40.0. The number of aromatic amines is 1. The Morgan fingerprint density at radius 1 is 1.31 bits per heavy atom. The number of hydrogen-bond donors (Lipinski definition) is 5. The number of H-pyrrole nitrogens is 1. The van der Waals surface area contributed by atoms with Crippen molar-refractivity contribution in [2.24, 2.45) is 0 Å². The van der Waals surface area contributed by atoms with Crippen molar-refractivity contribution in [3.05, 3.63) is 52.1 Å². The lowest BCUT2D eigenvalue weighted by Crippen LogP contribution is -2.36. The Hall–Kier alpha value is -3.46. The highest BCUT2D eigenvalue weighted by atomic mass is 19.1. The molecule has 0 saturated heterocycles. The standard InChI is InChI=1S/C23H25FN4O4/c1-11-19(9-17-16-7-13(24)3-6-18(16)28-22(17)31)26-12(2)21(11)23(32)25-10-15(29)8-20(30)27-14-4-5-14/h3,6-7,9,14-15,26,29H,4-5,8,10H2,1-2H3,(H,25,32)(H,27,30)(H,28,31). The van der Waals surface area contributed by atoms with Crippen LogP contribution >= 0.6 is 0 Å². The van der Waals surface area contributed by atoms with Gasteiger partial charge in [-0.2, -0.15) is 0 Å². The van der Waals surface area contributed by atoms with Gasteiger partial charge in [0.15, 0.2) is 0 Å². The fraction of sp³-hybridized carbons (Fsp3) is 0.348. The fourth-order valence-corrected chi connectivity index (χ4v) is 3.81. The molecular weight excluding hydrogens is 415 g/mol. The lowest BCUT2D eigenvalue weighted by Gasteiger charge is -2.12. The van der Waals surface area contributed by atoms with E-state index in [4.69, 9.17) is 0 Å². The van der Waals surface area contributed by atoms with Crippen LogP contribution in [0.5, 0.6) is 0 Å². The summed E-state index contributed by atoms with van der Waals surface area (Å²) < 4.78 is 13.7. The van der Waals surface area contributed by atoms with Gasteiger partial charge in [0, 0.05) is 35.2 Å². The van der Waals surface area contributed by atoms with E-state index in [-0.39, 0.29) is 30.8 Å². The van der Waals surface area contributed by atoms with Crippen molar-refractivity contribution in [1.29, 1.82) is 0 Å². The number of aliphatic hydroxyl groups is 1. The maximum atomic E-state index is 13.7. The lowest BCUT2D eigenvalue weighted by molar-refractivity contribution is -0.123. The number of fused-ring (bicyclic) bond motifs is 1. The Morgan fingerprint density at radius 2 is 2.06 bits per heavy atom. The van der Waals surface area contributed by atoms with Gasteiger partial charge >= 0.3 is 0 Å². The molecule has 0 spiro atoms. The number of aryl methyl sites for hydroxylation is 1. The number of aliphatic hydroxyl groups excluding tert-OH is 1. The number of anilines is 1. The van der Waals surface area contributed by atoms with Crippen LogP contribution in [0.1, 0.15) is 52.1 Å². The summed E-state index contributed by atoms with van der Waals surface area (Å²) in [6.07, 6.45) is 2.45. The van der Waals surface area contributed by atoms with E-state index in [1.807, 2.05) is 0 Å². The quantitative estimate of drug-likeness (QED) is 0.423. The summed E-state index contributed by atoms with van der Waals surface area (Å²) >= 11 is 0. The van der Waals surface area contributed by atoms with Gasteiger partial charge < -0.3 is 26.0 Å². The first kappa shape index (κ1) is 21.8. The first-order valence-corrected chi connectivity index (χ1v) is 10.5. The van der Waals surface area contributed by atoms with Crippen molar-refractivity contribution in [2.75, 3.05) is 11.9 Å². The summed E-state index contributed by atoms with van der Waals surface area (Å²) in [6.45, 7) is 3.40. The Morgan fingerprint density at radius 3 is 2.78 bits per heavy atom. The predicted molar refractivity (Wildman–Crippen MR) is 117 cm³/mol. The van der Waals surface area contributed by atoms with E-state index in [1.165, 1.54) is 18.2 Å². The van der Waals surface area contributed by atoms with E-state index < -0.39 is 17.8 Å². The van der Waals surface area contributed by atoms with Gasteiger partial charge in [0.2, 0.25) is 5.91 Å². The SMILES string of the molecule is Cc1[nH]c(C=C2C(=O)Nc3ccc(F)cc32)c(C)c1C(=O)NCC(O)CC(=O)NC1CC1. The smallest absolute Gasteiger partial charge is 0.256 e. The van der Waals surface area contributed by atoms with E-state index in [2.05, 4.69) is 20.9 Å². The maximum Gasteiger partial charge on any atom is 0.256 e. The number of nitrogens with one attached hydrogen (secondary N) is 4. The van der Waals surface area contributed by atoms with Crippen molar-refractivity contribution in [1.82, 2.24) is 15.6 Å². The fourth-order valence-electron chi connectivity index (χ4n) is 3.81. The molecule has 1 aromatic heterocycles. The number of amides is 3. The molecule has 0 bridgehead atoms. The Balaban J connectivity index is 1.46. The van der Waals surface area contributed by atoms with E-state index in [0.29, 0.717) is 39.3 Å². The number of aromatic nitrogens is 1. The van der Waals surface area contributed by atoms with Crippen molar-refractivity contribution < 1.29 is 23.9 Å². The third-order valence-electron chi connectivity index (χ3n) is 5.62. The van der Waals surface area contributed by atoms with Gasteiger partial charge in [-0.3, -0.25) is 14.4 Å². The van der Waals surface area contributed by atoms with Crippen LogP contribution in [0.25, 0.3) is 11.6 Å². The molecule has 168 valence electrons. The second-order valence-electron chi connectivity index (χ2n) is 8.28. The van der Waals surface area contributed by atoms with Gasteiger partial charge in [0.25, 0.3) is 11.8 Å². The molecule has 1 fully saturated rings. The zero-order chi connectivity index (χ0) is 23.0. The van der Waals surface area contributed by atoms with Crippen LogP contribution in [0.3, 0.4) is 0 Å². The van der Waals surface area contributed by atoms with Crippen LogP contribution in [0.15, 0.2) is 18.2 Å². The van der Waals surface area contributed by atoms with Crippen LogP contribution in [-0.2, 0) is 9.59 Å². The molecule has 3 amide bonds. The van der Waals surface area contributed by atoms with Gasteiger partial charge in [-0.1, -0.05) is 0 Å². The summed E-state index contributed by atoms with van der Waals surface area (Å²) in [5, 5.41) is 18.2. The predicted octanol–water partition coefficient (Wildman–Crippen LogP) is 2.02. The van der Waals surface area contributed by atoms with Gasteiger partial charge in [0.05, 0.1) is 23.7 Å². The summed E-state index contributed by atoms with van der Waals surface area (Å²) in [6, 6.07) is 4.29. The minimum absolute atomic E-state index is 0.0630. The van der Waals surface area contributed by atoms with Gasteiger partial charge in [-0.15, -0.1) is 0 Å². The molecular formula is C23H25FN4O4. The minimum Gasteiger partial charge on any atom is -0.391 e. The highest BCUT2D eigenvalue weighted by Crippen LogP contribution is 2.34. The highest BCUT2D eigenvalue weighted by molar-refractivity contribution is 6.34. The molecule has 1 saturated carbocycles. The average molecular weight is 440 g/mol. The Labute approximate surface area is 184 Å². The van der Waals surface area contributed by atoms with Crippen molar-refractivity contribution in [3.8, 4) is 0 Å². The number of rotatable bonds is 7. The van der Waals surface area contributed by atoms with Crippen LogP contribution in [-0.4, -0.2) is 46.5 Å². The number of carbonyl (C=O) groups is 3. The van der Waals surface area contributed by atoms with Gasteiger partial charge in [-0.25, -0.2) is 4.39 Å². The topological polar surface area (TPSA) is 123 Å². The van der Waals surface area contributed by atoms with Crippen molar-refractivity contribution >= 4 is 35.1 Å². The normalized spacial score (nSPS) is 17.1. The first-order valence-electron chi connectivity index (χ1n) is 10.5. The zero-order valence-corrected chi connectivity index (χ0v) is 17.8. The maximum absolute atomic E-state index is 13.7. The zero-order valence-electron chi connectivity index (χ0n) is 17.8. The van der Waals surface area contributed by atoms with Crippen molar-refractivity contribution in [3.63, 3.8) is 0 Å². The molecule has 2 aromatic rings. The Kier molecular flexibility index (Phi) is 5.84. The number of carbonyl (C=O) groups excluding carboxylic acids is 3. The number of hydrogen-bond acceptors (Lipinski definition) is 4. The molecule has 1 aliphatic carbocycles. The van der Waals surface area contributed by atoms with Crippen LogP contribution in [0.4, 0.5) is 10.1 Å². The lowest BCUT2D eigenvalue weighted by atomic mass is 10.0. The highest BCUT2D eigenvalue weighted by Gasteiger charge is 2.27. The van der Waals surface area contributed by atoms with E-state index in [1.54, 1.807) is 19.9 Å². The monoisotopic (exact) mass is 440 g/mol. The second kappa shape index (κ2) is 8.58. The van der Waals surface area contributed by atoms with E-state index in [9.17, 15) is 23.9 Å². The number of benzene rings is 1. The molecule has 1 aliphatic heterocycles. The molecule has 9 heteroatoms. The van der Waals surface area contributed by atoms with E-state index >= 15 is 0 Å². The summed E-state index contributed by atoms with van der Waals surface area (Å²) in [5.74, 6) is -1.43. The second-order valence-corrected chi connectivity index (χ2v) is 8.28. The molecule has 5 N–H and O–H groups in total. The van der Waals surface area contributed by atoms with Crippen LogP contribution in [0.2, 0.25) is 0 Å². The van der Waals surface area contributed by atoms with Gasteiger partial charge in [0.1, 0.15) is 5.82 Å². The molecule has 2 aliphatic rings. The van der Waals surface area contributed by atoms with Crippen LogP contribution < -0.4 is 16.0 Å².